The highest BCUT2D eigenvalue weighted by atomic mass is 16.5. The number of hydrogen-bond acceptors (Lipinski definition) is 4. The average Bonchev–Trinajstić information content (AvgIpc) is 2.73. The smallest absolute Gasteiger partial charge is 0.336 e. The van der Waals surface area contributed by atoms with Crippen LogP contribution in [0.1, 0.15) is 29.7 Å². The molecule has 4 rings (SSSR count). The van der Waals surface area contributed by atoms with Gasteiger partial charge in [-0.1, -0.05) is 42.5 Å². The Kier molecular flexibility index (Phi) is 5.27. The summed E-state index contributed by atoms with van der Waals surface area (Å²) in [5.41, 5.74) is 2.69. The Morgan fingerprint density at radius 3 is 2.63 bits per heavy atom. The van der Waals surface area contributed by atoms with E-state index in [2.05, 4.69) is 23.5 Å². The summed E-state index contributed by atoms with van der Waals surface area (Å²) in [6, 6.07) is 19.1. The van der Waals surface area contributed by atoms with E-state index in [-0.39, 0.29) is 18.6 Å². The maximum Gasteiger partial charge on any atom is 0.336 e. The SMILES string of the molecule is Cc1cc(=O)oc2c(C)c(OCC(=O)N[C@@H](C)c3cccc4ccccc34)ccc12. The summed E-state index contributed by atoms with van der Waals surface area (Å²) in [6.07, 6.45) is 0. The molecule has 1 aromatic heterocycles. The largest absolute Gasteiger partial charge is 0.483 e. The van der Waals surface area contributed by atoms with Crippen molar-refractivity contribution in [3.63, 3.8) is 0 Å². The molecule has 1 N–H and O–H groups in total. The van der Waals surface area contributed by atoms with Gasteiger partial charge < -0.3 is 14.5 Å². The quantitative estimate of drug-likeness (QED) is 0.487. The van der Waals surface area contributed by atoms with Gasteiger partial charge in [-0.3, -0.25) is 4.79 Å². The molecule has 1 amide bonds. The van der Waals surface area contributed by atoms with Crippen molar-refractivity contribution < 1.29 is 13.9 Å². The lowest BCUT2D eigenvalue weighted by atomic mass is 10.00. The number of amides is 1. The highest BCUT2D eigenvalue weighted by molar-refractivity contribution is 5.87. The fourth-order valence-corrected chi connectivity index (χ4v) is 3.79. The minimum Gasteiger partial charge on any atom is -0.483 e. The van der Waals surface area contributed by atoms with Crippen LogP contribution in [-0.2, 0) is 4.79 Å². The molecule has 0 aliphatic heterocycles. The number of fused-ring (bicyclic) bond motifs is 2. The minimum atomic E-state index is -0.401. The van der Waals surface area contributed by atoms with Crippen LogP contribution in [0.15, 0.2) is 69.9 Å². The standard InChI is InChI=1S/C25H23NO4/c1-15-13-24(28)30-25-16(2)22(12-11-19(15)25)29-14-23(27)26-17(3)20-10-6-8-18-7-4-5-9-21(18)20/h4-13,17H,14H2,1-3H3,(H,26,27)/t17-/m0/s1. The van der Waals surface area contributed by atoms with Gasteiger partial charge >= 0.3 is 5.63 Å². The molecular formula is C25H23NO4. The van der Waals surface area contributed by atoms with Gasteiger partial charge in [0.2, 0.25) is 0 Å². The molecule has 0 fully saturated rings. The molecular weight excluding hydrogens is 378 g/mol. The maximum atomic E-state index is 12.5. The van der Waals surface area contributed by atoms with Gasteiger partial charge in [0.1, 0.15) is 11.3 Å². The first-order chi connectivity index (χ1) is 14.4. The Labute approximate surface area is 174 Å². The normalized spacial score (nSPS) is 12.1. The molecule has 0 radical (unpaired) electrons. The molecule has 5 nitrogen and oxygen atoms in total. The Morgan fingerprint density at radius 2 is 1.80 bits per heavy atom. The Bertz CT molecular complexity index is 1300. The Balaban J connectivity index is 1.48. The molecule has 30 heavy (non-hydrogen) atoms. The molecule has 4 aromatic rings. The van der Waals surface area contributed by atoms with Crippen molar-refractivity contribution in [2.24, 2.45) is 0 Å². The van der Waals surface area contributed by atoms with Crippen LogP contribution >= 0.6 is 0 Å². The molecule has 0 aliphatic carbocycles. The number of benzene rings is 3. The lowest BCUT2D eigenvalue weighted by Crippen LogP contribution is -2.31. The fourth-order valence-electron chi connectivity index (χ4n) is 3.79. The summed E-state index contributed by atoms with van der Waals surface area (Å²) < 4.78 is 11.1. The molecule has 152 valence electrons. The van der Waals surface area contributed by atoms with Gasteiger partial charge in [-0.05, 0) is 54.8 Å². The zero-order chi connectivity index (χ0) is 21.3. The highest BCUT2D eigenvalue weighted by Crippen LogP contribution is 2.28. The van der Waals surface area contributed by atoms with Crippen molar-refractivity contribution in [2.75, 3.05) is 6.61 Å². The van der Waals surface area contributed by atoms with Crippen molar-refractivity contribution >= 4 is 27.6 Å². The molecule has 0 saturated heterocycles. The number of carbonyl (C=O) groups is 1. The summed E-state index contributed by atoms with van der Waals surface area (Å²) in [6.45, 7) is 5.51. The third-order valence-corrected chi connectivity index (χ3v) is 5.34. The number of aryl methyl sites for hydroxylation is 2. The zero-order valence-corrected chi connectivity index (χ0v) is 17.2. The minimum absolute atomic E-state index is 0.127. The number of ether oxygens (including phenoxy) is 1. The van der Waals surface area contributed by atoms with E-state index in [1.807, 2.05) is 51.1 Å². The van der Waals surface area contributed by atoms with E-state index in [1.165, 1.54) is 6.07 Å². The van der Waals surface area contributed by atoms with Gasteiger partial charge in [0.25, 0.3) is 5.91 Å². The number of rotatable bonds is 5. The van der Waals surface area contributed by atoms with E-state index in [1.54, 1.807) is 6.07 Å². The van der Waals surface area contributed by atoms with E-state index in [9.17, 15) is 9.59 Å². The first-order valence-corrected chi connectivity index (χ1v) is 9.88. The summed E-state index contributed by atoms with van der Waals surface area (Å²) in [7, 11) is 0. The third-order valence-electron chi connectivity index (χ3n) is 5.34. The molecule has 5 heteroatoms. The van der Waals surface area contributed by atoms with Gasteiger partial charge in [-0.15, -0.1) is 0 Å². The summed E-state index contributed by atoms with van der Waals surface area (Å²) in [4.78, 5) is 24.2. The molecule has 0 unspecified atom stereocenters. The van der Waals surface area contributed by atoms with Crippen molar-refractivity contribution in [1.29, 1.82) is 0 Å². The first-order valence-electron chi connectivity index (χ1n) is 9.88. The average molecular weight is 401 g/mol. The Hall–Kier alpha value is -3.60. The monoisotopic (exact) mass is 401 g/mol. The zero-order valence-electron chi connectivity index (χ0n) is 17.2. The van der Waals surface area contributed by atoms with Gasteiger partial charge in [-0.2, -0.15) is 0 Å². The second-order valence-electron chi connectivity index (χ2n) is 7.46. The van der Waals surface area contributed by atoms with Gasteiger partial charge in [0.05, 0.1) is 6.04 Å². The molecule has 0 bridgehead atoms. The first kappa shape index (κ1) is 19.7. The number of hydrogen-bond donors (Lipinski definition) is 1. The van der Waals surface area contributed by atoms with E-state index in [0.29, 0.717) is 16.9 Å². The van der Waals surface area contributed by atoms with Crippen LogP contribution in [-0.4, -0.2) is 12.5 Å². The van der Waals surface area contributed by atoms with Crippen molar-refractivity contribution in [2.45, 2.75) is 26.8 Å². The molecule has 3 aromatic carbocycles. The molecule has 0 saturated carbocycles. The maximum absolute atomic E-state index is 12.5. The van der Waals surface area contributed by atoms with Crippen LogP contribution in [0.5, 0.6) is 5.75 Å². The topological polar surface area (TPSA) is 68.5 Å². The van der Waals surface area contributed by atoms with Crippen LogP contribution in [0.2, 0.25) is 0 Å². The van der Waals surface area contributed by atoms with E-state index >= 15 is 0 Å². The van der Waals surface area contributed by atoms with Crippen molar-refractivity contribution in [1.82, 2.24) is 5.32 Å². The lowest BCUT2D eigenvalue weighted by Gasteiger charge is -2.17. The van der Waals surface area contributed by atoms with Crippen LogP contribution in [0.4, 0.5) is 0 Å². The van der Waals surface area contributed by atoms with Gasteiger partial charge in [-0.25, -0.2) is 4.79 Å². The molecule has 0 aliphatic rings. The van der Waals surface area contributed by atoms with Gasteiger partial charge in [0.15, 0.2) is 6.61 Å². The van der Waals surface area contributed by atoms with Crippen LogP contribution < -0.4 is 15.7 Å². The third kappa shape index (κ3) is 3.79. The van der Waals surface area contributed by atoms with Crippen molar-refractivity contribution in [3.8, 4) is 5.75 Å². The predicted molar refractivity (Wildman–Crippen MR) is 118 cm³/mol. The summed E-state index contributed by atoms with van der Waals surface area (Å²) in [5, 5.41) is 6.10. The second kappa shape index (κ2) is 8.03. The predicted octanol–water partition coefficient (Wildman–Crippen LogP) is 4.82. The molecule has 1 heterocycles. The number of nitrogens with one attached hydrogen (secondary N) is 1. The van der Waals surface area contributed by atoms with Crippen LogP contribution in [0.3, 0.4) is 0 Å². The summed E-state index contributed by atoms with van der Waals surface area (Å²) in [5.74, 6) is 0.296. The van der Waals surface area contributed by atoms with Crippen LogP contribution in [0, 0.1) is 13.8 Å². The fraction of sp³-hybridized carbons (Fsp3) is 0.200. The van der Waals surface area contributed by atoms with Crippen LogP contribution in [0.25, 0.3) is 21.7 Å². The summed E-state index contributed by atoms with van der Waals surface area (Å²) >= 11 is 0. The highest BCUT2D eigenvalue weighted by Gasteiger charge is 2.15. The van der Waals surface area contributed by atoms with E-state index in [0.717, 1.165) is 27.3 Å². The Morgan fingerprint density at radius 1 is 1.03 bits per heavy atom. The van der Waals surface area contributed by atoms with E-state index < -0.39 is 5.63 Å². The second-order valence-corrected chi connectivity index (χ2v) is 7.46. The lowest BCUT2D eigenvalue weighted by molar-refractivity contribution is -0.123. The molecule has 1 atom stereocenters. The molecule has 0 spiro atoms. The van der Waals surface area contributed by atoms with Gasteiger partial charge in [0, 0.05) is 17.0 Å². The van der Waals surface area contributed by atoms with E-state index in [4.69, 9.17) is 9.15 Å². The number of carbonyl (C=O) groups excluding carboxylic acids is 1. The van der Waals surface area contributed by atoms with Crippen molar-refractivity contribution in [3.05, 3.63) is 87.8 Å².